The van der Waals surface area contributed by atoms with Crippen molar-refractivity contribution in [1.29, 1.82) is 0 Å². The molecule has 1 aromatic heterocycles. The Morgan fingerprint density at radius 2 is 1.93 bits per heavy atom. The van der Waals surface area contributed by atoms with Gasteiger partial charge in [-0.2, -0.15) is 0 Å². The first kappa shape index (κ1) is 18.9. The van der Waals surface area contributed by atoms with E-state index in [4.69, 9.17) is 9.15 Å². The van der Waals surface area contributed by atoms with Gasteiger partial charge in [0.15, 0.2) is 0 Å². The number of carbonyl (C=O) groups excluding carboxylic acids is 1. The van der Waals surface area contributed by atoms with Gasteiger partial charge < -0.3 is 19.0 Å². The van der Waals surface area contributed by atoms with Crippen LogP contribution in [0, 0.1) is 10.1 Å². The molecule has 1 saturated heterocycles. The predicted molar refractivity (Wildman–Crippen MR) is 108 cm³/mol. The van der Waals surface area contributed by atoms with Gasteiger partial charge in [-0.1, -0.05) is 18.2 Å². The molecule has 1 fully saturated rings. The summed E-state index contributed by atoms with van der Waals surface area (Å²) in [6.07, 6.45) is 0. The first-order valence-electron chi connectivity index (χ1n) is 9.37. The molecule has 2 heterocycles. The molecule has 0 radical (unpaired) electrons. The Balaban J connectivity index is 1.58. The first-order valence-corrected chi connectivity index (χ1v) is 9.37. The Labute approximate surface area is 167 Å². The minimum absolute atomic E-state index is 0.109. The van der Waals surface area contributed by atoms with Crippen LogP contribution in [0.4, 0.5) is 11.4 Å². The molecule has 8 nitrogen and oxygen atoms in total. The summed E-state index contributed by atoms with van der Waals surface area (Å²) in [7, 11) is 1.76. The van der Waals surface area contributed by atoms with Gasteiger partial charge in [-0.05, 0) is 24.3 Å². The van der Waals surface area contributed by atoms with E-state index in [9.17, 15) is 14.9 Å². The van der Waals surface area contributed by atoms with Crippen LogP contribution in [0.5, 0.6) is 0 Å². The average Bonchev–Trinajstić information content (AvgIpc) is 3.15. The lowest BCUT2D eigenvalue weighted by molar-refractivity contribution is -0.384. The Hall–Kier alpha value is -3.39. The van der Waals surface area contributed by atoms with Crippen LogP contribution < -0.4 is 4.90 Å². The van der Waals surface area contributed by atoms with E-state index in [1.165, 1.54) is 6.07 Å². The first-order chi connectivity index (χ1) is 14.0. The van der Waals surface area contributed by atoms with Crippen LogP contribution in [0.2, 0.25) is 0 Å². The van der Waals surface area contributed by atoms with E-state index in [-0.39, 0.29) is 11.6 Å². The van der Waals surface area contributed by atoms with E-state index >= 15 is 0 Å². The maximum atomic E-state index is 12.7. The van der Waals surface area contributed by atoms with Gasteiger partial charge in [0.25, 0.3) is 11.6 Å². The standard InChI is InChI=1S/C21H21N3O5/c1-22(14-17-12-15-4-2-3-5-20(15)29-17)18-7-6-16(13-19(18)24(26)27)21(25)23-8-10-28-11-9-23/h2-7,12-13H,8-11,14H2,1H3. The van der Waals surface area contributed by atoms with Crippen LogP contribution in [0.15, 0.2) is 52.9 Å². The molecule has 1 aliphatic heterocycles. The number of ether oxygens (including phenoxy) is 1. The Morgan fingerprint density at radius 3 is 2.66 bits per heavy atom. The summed E-state index contributed by atoms with van der Waals surface area (Å²) in [5.41, 5.74) is 1.40. The highest BCUT2D eigenvalue weighted by Crippen LogP contribution is 2.31. The van der Waals surface area contributed by atoms with Crippen molar-refractivity contribution in [2.24, 2.45) is 0 Å². The van der Waals surface area contributed by atoms with Gasteiger partial charge in [-0.3, -0.25) is 14.9 Å². The van der Waals surface area contributed by atoms with E-state index < -0.39 is 4.92 Å². The zero-order chi connectivity index (χ0) is 20.4. The molecule has 0 unspecified atom stereocenters. The van der Waals surface area contributed by atoms with E-state index in [0.717, 1.165) is 11.0 Å². The van der Waals surface area contributed by atoms with Gasteiger partial charge >= 0.3 is 0 Å². The number of amides is 1. The highest BCUT2D eigenvalue weighted by atomic mass is 16.6. The number of fused-ring (bicyclic) bond motifs is 1. The van der Waals surface area contributed by atoms with Gasteiger partial charge in [0.2, 0.25) is 0 Å². The van der Waals surface area contributed by atoms with E-state index in [2.05, 4.69) is 0 Å². The molecule has 0 bridgehead atoms. The number of rotatable bonds is 5. The number of nitro groups is 1. The third-order valence-corrected chi connectivity index (χ3v) is 5.00. The molecule has 3 aromatic rings. The summed E-state index contributed by atoms with van der Waals surface area (Å²) >= 11 is 0. The zero-order valence-corrected chi connectivity index (χ0v) is 16.0. The van der Waals surface area contributed by atoms with Crippen molar-refractivity contribution in [3.8, 4) is 0 Å². The van der Waals surface area contributed by atoms with E-state index in [0.29, 0.717) is 49.9 Å². The predicted octanol–water partition coefficient (Wildman–Crippen LogP) is 3.45. The molecular weight excluding hydrogens is 374 g/mol. The Bertz CT molecular complexity index is 1020. The fourth-order valence-electron chi connectivity index (χ4n) is 3.51. The number of benzene rings is 2. The van der Waals surface area contributed by atoms with Gasteiger partial charge in [-0.15, -0.1) is 0 Å². The number of carbonyl (C=O) groups is 1. The van der Waals surface area contributed by atoms with Crippen LogP contribution in [0.3, 0.4) is 0 Å². The molecule has 1 amide bonds. The minimum atomic E-state index is -0.458. The van der Waals surface area contributed by atoms with E-state index in [1.54, 1.807) is 29.0 Å². The Morgan fingerprint density at radius 1 is 1.17 bits per heavy atom. The monoisotopic (exact) mass is 395 g/mol. The van der Waals surface area contributed by atoms with Crippen LogP contribution in [-0.2, 0) is 11.3 Å². The van der Waals surface area contributed by atoms with Gasteiger partial charge in [0.05, 0.1) is 24.7 Å². The lowest BCUT2D eigenvalue weighted by atomic mass is 10.1. The summed E-state index contributed by atoms with van der Waals surface area (Å²) in [5.74, 6) is 0.486. The number of morpholine rings is 1. The molecule has 0 saturated carbocycles. The third kappa shape index (κ3) is 3.93. The van der Waals surface area contributed by atoms with Crippen LogP contribution >= 0.6 is 0 Å². The second-order valence-corrected chi connectivity index (χ2v) is 6.97. The summed E-state index contributed by atoms with van der Waals surface area (Å²) in [4.78, 5) is 27.3. The number of hydrogen-bond donors (Lipinski definition) is 0. The number of furan rings is 1. The molecule has 4 rings (SSSR count). The largest absolute Gasteiger partial charge is 0.459 e. The van der Waals surface area contributed by atoms with Gasteiger partial charge in [0.1, 0.15) is 17.0 Å². The van der Waals surface area contributed by atoms with Crippen molar-refractivity contribution in [1.82, 2.24) is 4.90 Å². The topological polar surface area (TPSA) is 89.1 Å². The lowest BCUT2D eigenvalue weighted by Gasteiger charge is -2.27. The fourth-order valence-corrected chi connectivity index (χ4v) is 3.51. The highest BCUT2D eigenvalue weighted by Gasteiger charge is 2.24. The van der Waals surface area contributed by atoms with Crippen molar-refractivity contribution in [2.75, 3.05) is 38.3 Å². The van der Waals surface area contributed by atoms with Crippen molar-refractivity contribution in [3.63, 3.8) is 0 Å². The molecule has 0 N–H and O–H groups in total. The average molecular weight is 395 g/mol. The summed E-state index contributed by atoms with van der Waals surface area (Å²) < 4.78 is 11.1. The molecule has 29 heavy (non-hydrogen) atoms. The summed E-state index contributed by atoms with van der Waals surface area (Å²) in [5, 5.41) is 12.7. The normalized spacial score (nSPS) is 14.2. The van der Waals surface area contributed by atoms with Crippen molar-refractivity contribution in [2.45, 2.75) is 6.54 Å². The molecule has 0 aliphatic carbocycles. The number of para-hydroxylation sites is 1. The molecule has 150 valence electrons. The van der Waals surface area contributed by atoms with Crippen molar-refractivity contribution in [3.05, 3.63) is 70.0 Å². The fraction of sp³-hybridized carbons (Fsp3) is 0.286. The second kappa shape index (κ2) is 7.92. The molecule has 1 aliphatic rings. The second-order valence-electron chi connectivity index (χ2n) is 6.97. The van der Waals surface area contributed by atoms with Crippen molar-refractivity contribution < 1.29 is 18.9 Å². The zero-order valence-electron chi connectivity index (χ0n) is 16.0. The van der Waals surface area contributed by atoms with Crippen LogP contribution in [-0.4, -0.2) is 49.1 Å². The summed E-state index contributed by atoms with van der Waals surface area (Å²) in [6, 6.07) is 14.2. The number of anilines is 1. The van der Waals surface area contributed by atoms with E-state index in [1.807, 2.05) is 30.3 Å². The summed E-state index contributed by atoms with van der Waals surface area (Å²) in [6.45, 7) is 2.30. The molecule has 8 heteroatoms. The maximum absolute atomic E-state index is 12.7. The molecule has 2 aromatic carbocycles. The third-order valence-electron chi connectivity index (χ3n) is 5.00. The Kier molecular flexibility index (Phi) is 5.18. The number of nitro benzene ring substituents is 1. The quantitative estimate of drug-likeness (QED) is 0.486. The number of hydrogen-bond acceptors (Lipinski definition) is 6. The van der Waals surface area contributed by atoms with Crippen LogP contribution in [0.25, 0.3) is 11.0 Å². The van der Waals surface area contributed by atoms with Gasteiger partial charge in [-0.25, -0.2) is 0 Å². The minimum Gasteiger partial charge on any atom is -0.459 e. The SMILES string of the molecule is CN(Cc1cc2ccccc2o1)c1ccc(C(=O)N2CCOCC2)cc1[N+](=O)[O-]. The molecule has 0 atom stereocenters. The van der Waals surface area contributed by atoms with Crippen LogP contribution in [0.1, 0.15) is 16.1 Å². The van der Waals surface area contributed by atoms with Crippen molar-refractivity contribution >= 4 is 28.3 Å². The molecule has 0 spiro atoms. The smallest absolute Gasteiger partial charge is 0.293 e. The highest BCUT2D eigenvalue weighted by molar-refractivity contribution is 5.96. The maximum Gasteiger partial charge on any atom is 0.293 e. The lowest BCUT2D eigenvalue weighted by Crippen LogP contribution is -2.40. The molecular formula is C21H21N3O5. The van der Waals surface area contributed by atoms with Gasteiger partial charge in [0, 0.05) is 37.2 Å². The number of nitrogens with zero attached hydrogens (tertiary/aromatic N) is 3.